The lowest BCUT2D eigenvalue weighted by atomic mass is 10.0. The Morgan fingerprint density at radius 2 is 1.10 bits per heavy atom. The molecule has 0 aliphatic carbocycles. The molecule has 7 heteroatoms. The molecule has 0 spiro atoms. The zero-order chi connectivity index (χ0) is 22.3. The number of hydrogen-bond donors (Lipinski definition) is 0. The van der Waals surface area contributed by atoms with E-state index in [1.165, 1.54) is 6.92 Å². The van der Waals surface area contributed by atoms with Crippen LogP contribution in [0.3, 0.4) is 0 Å². The van der Waals surface area contributed by atoms with E-state index in [9.17, 15) is 26.7 Å². The van der Waals surface area contributed by atoms with Crippen LogP contribution in [0.25, 0.3) is 28.2 Å². The zero-order valence-corrected chi connectivity index (χ0v) is 16.1. The quantitative estimate of drug-likeness (QED) is 0.218. The number of pyridine rings is 1. The molecule has 0 saturated heterocycles. The zero-order valence-electron chi connectivity index (χ0n) is 16.1. The molecule has 0 bridgehead atoms. The summed E-state index contributed by atoms with van der Waals surface area (Å²) in [4.78, 5) is 12.7. The van der Waals surface area contributed by atoms with Crippen molar-refractivity contribution < 1.29 is 22.0 Å². The first-order chi connectivity index (χ1) is 14.8. The smallest absolute Gasteiger partial charge is 0.200 e. The molecule has 1 heterocycles. The van der Waals surface area contributed by atoms with Crippen LogP contribution in [0.15, 0.2) is 71.5 Å². The lowest BCUT2D eigenvalue weighted by Gasteiger charge is -2.22. The van der Waals surface area contributed by atoms with Crippen molar-refractivity contribution in [3.05, 3.63) is 112 Å². The van der Waals surface area contributed by atoms with E-state index in [2.05, 4.69) is 0 Å². The highest BCUT2D eigenvalue weighted by Gasteiger charge is 2.30. The van der Waals surface area contributed by atoms with Gasteiger partial charge in [-0.3, -0.25) is 4.79 Å². The number of rotatable bonds is 3. The van der Waals surface area contributed by atoms with Crippen LogP contribution in [0.4, 0.5) is 22.0 Å². The highest BCUT2D eigenvalue weighted by molar-refractivity contribution is 5.73. The number of benzene rings is 3. The van der Waals surface area contributed by atoms with Crippen molar-refractivity contribution in [2.45, 2.75) is 6.92 Å². The summed E-state index contributed by atoms with van der Waals surface area (Å²) >= 11 is 0. The second-order valence-electron chi connectivity index (χ2n) is 6.85. The lowest BCUT2D eigenvalue weighted by molar-refractivity contribution is 0.376. The summed E-state index contributed by atoms with van der Waals surface area (Å²) in [7, 11) is 0. The van der Waals surface area contributed by atoms with E-state index in [0.717, 1.165) is 10.6 Å². The van der Waals surface area contributed by atoms with Crippen LogP contribution >= 0.6 is 0 Å². The van der Waals surface area contributed by atoms with E-state index in [4.69, 9.17) is 0 Å². The molecule has 0 N–H and O–H groups in total. The third-order valence-electron chi connectivity index (χ3n) is 4.98. The Labute approximate surface area is 173 Å². The monoisotopic (exact) mass is 427 g/mol. The molecule has 3 aromatic carbocycles. The van der Waals surface area contributed by atoms with Crippen LogP contribution in [0.5, 0.6) is 0 Å². The van der Waals surface area contributed by atoms with E-state index in [1.807, 2.05) is 0 Å². The molecule has 0 aliphatic rings. The normalized spacial score (nSPS) is 11.0. The minimum atomic E-state index is -2.25. The molecule has 4 aromatic rings. The highest BCUT2D eigenvalue weighted by atomic mass is 19.2. The van der Waals surface area contributed by atoms with E-state index >= 15 is 0 Å². The first kappa shape index (κ1) is 20.5. The summed E-state index contributed by atoms with van der Waals surface area (Å²) in [6.45, 7) is 1.43. The largest absolute Gasteiger partial charge is 0.303 e. The van der Waals surface area contributed by atoms with Gasteiger partial charge in [0, 0.05) is 11.6 Å². The molecule has 156 valence electrons. The molecular formula is C24H14F5NO. The Morgan fingerprint density at radius 1 is 0.645 bits per heavy atom. The molecule has 0 fully saturated rings. The van der Waals surface area contributed by atoms with Crippen LogP contribution in [0.1, 0.15) is 5.56 Å². The molecule has 31 heavy (non-hydrogen) atoms. The second-order valence-corrected chi connectivity index (χ2v) is 6.85. The maximum absolute atomic E-state index is 14.9. The van der Waals surface area contributed by atoms with Crippen LogP contribution in [-0.4, -0.2) is 4.57 Å². The Bertz CT molecular complexity index is 1320. The molecule has 0 unspecified atom stereocenters. The van der Waals surface area contributed by atoms with Crippen LogP contribution < -0.4 is 5.43 Å². The van der Waals surface area contributed by atoms with Gasteiger partial charge in [0.15, 0.2) is 28.7 Å². The Hall–Kier alpha value is -3.74. The first-order valence-electron chi connectivity index (χ1n) is 9.22. The van der Waals surface area contributed by atoms with Gasteiger partial charge >= 0.3 is 0 Å². The van der Waals surface area contributed by atoms with Crippen molar-refractivity contribution in [2.24, 2.45) is 0 Å². The summed E-state index contributed by atoms with van der Waals surface area (Å²) < 4.78 is 72.6. The van der Waals surface area contributed by atoms with Crippen LogP contribution in [-0.2, 0) is 0 Å². The molecular weight excluding hydrogens is 413 g/mol. The SMILES string of the molecule is Cc1c(-c2ccccc2)n(-c2c(F)c(F)c(F)c(F)c2F)c(-c2ccccc2)cc1=O. The van der Waals surface area contributed by atoms with Crippen LogP contribution in [0, 0.1) is 36.0 Å². The average molecular weight is 427 g/mol. The van der Waals surface area contributed by atoms with Crippen molar-refractivity contribution in [1.82, 2.24) is 4.57 Å². The molecule has 0 radical (unpaired) electrons. The van der Waals surface area contributed by atoms with Gasteiger partial charge in [0.2, 0.25) is 5.82 Å². The van der Waals surface area contributed by atoms with Crippen LogP contribution in [0.2, 0.25) is 0 Å². The van der Waals surface area contributed by atoms with Gasteiger partial charge in [0.1, 0.15) is 5.69 Å². The van der Waals surface area contributed by atoms with Gasteiger partial charge in [0.05, 0.1) is 11.4 Å². The standard InChI is InChI=1S/C24H14F5NO/c1-13-17(31)12-16(14-8-4-2-5-9-14)30(23(13)15-10-6-3-7-11-15)24-21(28)19(26)18(25)20(27)22(24)29/h2-12H,1H3. The maximum atomic E-state index is 14.9. The number of aromatic nitrogens is 1. The molecule has 1 aromatic heterocycles. The van der Waals surface area contributed by atoms with Gasteiger partial charge < -0.3 is 4.57 Å². The fourth-order valence-electron chi connectivity index (χ4n) is 3.49. The summed E-state index contributed by atoms with van der Waals surface area (Å²) in [6, 6.07) is 17.3. The molecule has 0 aliphatic heterocycles. The number of nitrogens with zero attached hydrogens (tertiary/aromatic N) is 1. The van der Waals surface area contributed by atoms with Gasteiger partial charge in [-0.2, -0.15) is 0 Å². The molecule has 0 atom stereocenters. The Morgan fingerprint density at radius 3 is 1.61 bits per heavy atom. The summed E-state index contributed by atoms with van der Waals surface area (Å²) in [5.74, 6) is -10.4. The number of hydrogen-bond acceptors (Lipinski definition) is 1. The third-order valence-corrected chi connectivity index (χ3v) is 4.98. The van der Waals surface area contributed by atoms with Gasteiger partial charge in [0.25, 0.3) is 0 Å². The van der Waals surface area contributed by atoms with E-state index in [1.54, 1.807) is 60.7 Å². The highest BCUT2D eigenvalue weighted by Crippen LogP contribution is 2.35. The van der Waals surface area contributed by atoms with Gasteiger partial charge in [-0.05, 0) is 18.1 Å². The second kappa shape index (κ2) is 7.83. The summed E-state index contributed by atoms with van der Waals surface area (Å²) in [5.41, 5.74) is -0.766. The number of halogens is 5. The molecule has 2 nitrogen and oxygen atoms in total. The maximum Gasteiger partial charge on any atom is 0.200 e. The fraction of sp³-hybridized carbons (Fsp3) is 0.0417. The summed E-state index contributed by atoms with van der Waals surface area (Å²) in [5, 5.41) is 0. The van der Waals surface area contributed by atoms with Crippen molar-refractivity contribution in [3.63, 3.8) is 0 Å². The fourth-order valence-corrected chi connectivity index (χ4v) is 3.49. The van der Waals surface area contributed by atoms with E-state index < -0.39 is 40.2 Å². The minimum absolute atomic E-state index is 0.0155. The van der Waals surface area contributed by atoms with Crippen molar-refractivity contribution in [3.8, 4) is 28.2 Å². The van der Waals surface area contributed by atoms with E-state index in [0.29, 0.717) is 11.1 Å². The minimum Gasteiger partial charge on any atom is -0.303 e. The van der Waals surface area contributed by atoms with E-state index in [-0.39, 0.29) is 17.0 Å². The van der Waals surface area contributed by atoms with Gasteiger partial charge in [-0.25, -0.2) is 22.0 Å². The average Bonchev–Trinajstić information content (AvgIpc) is 2.80. The molecule has 0 saturated carbocycles. The van der Waals surface area contributed by atoms with Gasteiger partial charge in [-0.1, -0.05) is 60.7 Å². The third kappa shape index (κ3) is 3.32. The van der Waals surface area contributed by atoms with Crippen molar-refractivity contribution in [2.75, 3.05) is 0 Å². The van der Waals surface area contributed by atoms with Crippen molar-refractivity contribution in [1.29, 1.82) is 0 Å². The Kier molecular flexibility index (Phi) is 5.19. The topological polar surface area (TPSA) is 22.0 Å². The van der Waals surface area contributed by atoms with Gasteiger partial charge in [-0.15, -0.1) is 0 Å². The first-order valence-corrected chi connectivity index (χ1v) is 9.22. The predicted molar refractivity (Wildman–Crippen MR) is 107 cm³/mol. The predicted octanol–water partition coefficient (Wildman–Crippen LogP) is 6.18. The lowest BCUT2D eigenvalue weighted by Crippen LogP contribution is -2.19. The molecule has 0 amide bonds. The molecule has 4 rings (SSSR count). The van der Waals surface area contributed by atoms with Crippen molar-refractivity contribution >= 4 is 0 Å². The summed E-state index contributed by atoms with van der Waals surface area (Å²) in [6.07, 6.45) is 0. The Balaban J connectivity index is 2.26.